The average Bonchev–Trinajstić information content (AvgIpc) is 2.03. The van der Waals surface area contributed by atoms with Gasteiger partial charge in [-0.05, 0) is 6.07 Å². The lowest BCUT2D eigenvalue weighted by atomic mass is 10.2. The Kier molecular flexibility index (Phi) is 2.60. The maximum atomic E-state index is 12.9. The topological polar surface area (TPSA) is 35.2 Å². The van der Waals surface area contributed by atoms with Crippen LogP contribution in [0.3, 0.4) is 0 Å². The van der Waals surface area contributed by atoms with Gasteiger partial charge < -0.3 is 10.5 Å². The number of hydrogen-bond acceptors (Lipinski definition) is 2. The van der Waals surface area contributed by atoms with Gasteiger partial charge in [-0.2, -0.15) is 0 Å². The molecule has 0 heterocycles. The molecule has 0 radical (unpaired) electrons. The van der Waals surface area contributed by atoms with Crippen molar-refractivity contribution in [1.82, 2.24) is 0 Å². The number of hydrogen-bond donors (Lipinski definition) is 1. The van der Waals surface area contributed by atoms with Crippen LogP contribution in [0.25, 0.3) is 0 Å². The molecule has 0 aromatic heterocycles. The fraction of sp³-hybridized carbons (Fsp3) is 0.250. The molecule has 0 aliphatic heterocycles. The molecule has 0 saturated heterocycles. The van der Waals surface area contributed by atoms with Crippen LogP contribution in [0.5, 0.6) is 5.75 Å². The number of ether oxygens (including phenoxy) is 1. The Balaban J connectivity index is 3.24. The van der Waals surface area contributed by atoms with Crippen molar-refractivity contribution in [3.63, 3.8) is 0 Å². The van der Waals surface area contributed by atoms with Crippen molar-refractivity contribution >= 4 is 0 Å². The Hall–Kier alpha value is -1.16. The second-order valence-electron chi connectivity index (χ2n) is 2.28. The van der Waals surface area contributed by atoms with Crippen LogP contribution < -0.4 is 10.5 Å². The van der Waals surface area contributed by atoms with Crippen LogP contribution in [-0.2, 0) is 6.54 Å². The summed E-state index contributed by atoms with van der Waals surface area (Å²) in [4.78, 5) is 0. The van der Waals surface area contributed by atoms with Crippen molar-refractivity contribution in [3.8, 4) is 5.75 Å². The quantitative estimate of drug-likeness (QED) is 0.734. The summed E-state index contributed by atoms with van der Waals surface area (Å²) in [5.74, 6) is -1.36. The number of benzene rings is 1. The van der Waals surface area contributed by atoms with Crippen molar-refractivity contribution in [1.29, 1.82) is 0 Å². The zero-order chi connectivity index (χ0) is 9.14. The summed E-state index contributed by atoms with van der Waals surface area (Å²) in [7, 11) is 1.31. The van der Waals surface area contributed by atoms with Gasteiger partial charge in [-0.25, -0.2) is 8.78 Å². The summed E-state index contributed by atoms with van der Waals surface area (Å²) in [5, 5.41) is 0. The molecule has 0 bridgehead atoms. The highest BCUT2D eigenvalue weighted by molar-refractivity contribution is 5.35. The van der Waals surface area contributed by atoms with Crippen LogP contribution in [0.4, 0.5) is 8.78 Å². The van der Waals surface area contributed by atoms with Gasteiger partial charge in [0.2, 0.25) is 0 Å². The van der Waals surface area contributed by atoms with Crippen LogP contribution in [0.15, 0.2) is 12.1 Å². The van der Waals surface area contributed by atoms with E-state index in [4.69, 9.17) is 10.5 Å². The van der Waals surface area contributed by atoms with Gasteiger partial charge in [0.25, 0.3) is 0 Å². The van der Waals surface area contributed by atoms with Gasteiger partial charge in [-0.3, -0.25) is 0 Å². The van der Waals surface area contributed by atoms with E-state index in [1.54, 1.807) is 0 Å². The largest absolute Gasteiger partial charge is 0.493 e. The standard InChI is InChI=1S/C8H9F2NO/c1-12-8-5(4-11)2-6(9)3-7(8)10/h2-3H,4,11H2,1H3. The smallest absolute Gasteiger partial charge is 0.168 e. The molecule has 2 nitrogen and oxygen atoms in total. The SMILES string of the molecule is COc1c(F)cc(F)cc1CN. The van der Waals surface area contributed by atoms with Crippen LogP contribution in [0, 0.1) is 11.6 Å². The van der Waals surface area contributed by atoms with Crippen molar-refractivity contribution < 1.29 is 13.5 Å². The lowest BCUT2D eigenvalue weighted by Crippen LogP contribution is -2.02. The van der Waals surface area contributed by atoms with Gasteiger partial charge in [0, 0.05) is 18.2 Å². The van der Waals surface area contributed by atoms with E-state index in [9.17, 15) is 8.78 Å². The molecule has 1 aromatic carbocycles. The van der Waals surface area contributed by atoms with E-state index in [0.717, 1.165) is 12.1 Å². The van der Waals surface area contributed by atoms with E-state index >= 15 is 0 Å². The molecule has 0 saturated carbocycles. The fourth-order valence-electron chi connectivity index (χ4n) is 0.994. The van der Waals surface area contributed by atoms with Gasteiger partial charge in [0.15, 0.2) is 11.6 Å². The van der Waals surface area contributed by atoms with Crippen LogP contribution in [0.2, 0.25) is 0 Å². The Morgan fingerprint density at radius 1 is 1.42 bits per heavy atom. The third kappa shape index (κ3) is 1.53. The van der Waals surface area contributed by atoms with E-state index in [0.29, 0.717) is 5.56 Å². The fourth-order valence-corrected chi connectivity index (χ4v) is 0.994. The molecule has 0 atom stereocenters. The molecule has 0 aliphatic carbocycles. The summed E-state index contributed by atoms with van der Waals surface area (Å²) in [6.07, 6.45) is 0. The van der Waals surface area contributed by atoms with Gasteiger partial charge in [0.1, 0.15) is 5.82 Å². The van der Waals surface area contributed by atoms with Crippen molar-refractivity contribution in [2.75, 3.05) is 7.11 Å². The molecule has 0 spiro atoms. The first kappa shape index (κ1) is 8.93. The molecule has 1 rings (SSSR count). The zero-order valence-electron chi connectivity index (χ0n) is 6.60. The molecule has 0 unspecified atom stereocenters. The molecule has 0 amide bonds. The first-order valence-electron chi connectivity index (χ1n) is 3.41. The predicted molar refractivity (Wildman–Crippen MR) is 40.8 cm³/mol. The third-order valence-corrected chi connectivity index (χ3v) is 1.51. The first-order valence-corrected chi connectivity index (χ1v) is 3.41. The van der Waals surface area contributed by atoms with E-state index in [1.165, 1.54) is 7.11 Å². The summed E-state index contributed by atoms with van der Waals surface area (Å²) in [5.41, 5.74) is 5.58. The second-order valence-corrected chi connectivity index (χ2v) is 2.28. The Bertz CT molecular complexity index is 289. The van der Waals surface area contributed by atoms with Crippen molar-refractivity contribution in [2.24, 2.45) is 5.73 Å². The zero-order valence-corrected chi connectivity index (χ0v) is 6.60. The molecular weight excluding hydrogens is 164 g/mol. The summed E-state index contributed by atoms with van der Waals surface area (Å²) < 4.78 is 30.2. The lowest BCUT2D eigenvalue weighted by Gasteiger charge is -2.06. The first-order chi connectivity index (χ1) is 5.69. The molecule has 0 aliphatic rings. The molecule has 2 N–H and O–H groups in total. The van der Waals surface area contributed by atoms with Crippen molar-refractivity contribution in [3.05, 3.63) is 29.3 Å². The predicted octanol–water partition coefficient (Wildman–Crippen LogP) is 1.43. The normalized spacial score (nSPS) is 10.0. The van der Waals surface area contributed by atoms with E-state index in [-0.39, 0.29) is 12.3 Å². The van der Waals surface area contributed by atoms with E-state index < -0.39 is 11.6 Å². The Morgan fingerprint density at radius 3 is 2.58 bits per heavy atom. The van der Waals surface area contributed by atoms with E-state index in [1.807, 2.05) is 0 Å². The highest BCUT2D eigenvalue weighted by Gasteiger charge is 2.09. The minimum Gasteiger partial charge on any atom is -0.493 e. The number of rotatable bonds is 2. The van der Waals surface area contributed by atoms with Gasteiger partial charge in [-0.15, -0.1) is 0 Å². The molecule has 1 aromatic rings. The number of nitrogens with two attached hydrogens (primary N) is 1. The lowest BCUT2D eigenvalue weighted by molar-refractivity contribution is 0.379. The minimum atomic E-state index is -0.724. The highest BCUT2D eigenvalue weighted by atomic mass is 19.1. The van der Waals surface area contributed by atoms with Crippen LogP contribution >= 0.6 is 0 Å². The maximum Gasteiger partial charge on any atom is 0.168 e. The van der Waals surface area contributed by atoms with Gasteiger partial charge in [-0.1, -0.05) is 0 Å². The average molecular weight is 173 g/mol. The monoisotopic (exact) mass is 173 g/mol. The Morgan fingerprint density at radius 2 is 2.08 bits per heavy atom. The van der Waals surface area contributed by atoms with Gasteiger partial charge in [0.05, 0.1) is 7.11 Å². The Labute approximate surface area is 68.9 Å². The minimum absolute atomic E-state index is 0.0129. The highest BCUT2D eigenvalue weighted by Crippen LogP contribution is 2.23. The van der Waals surface area contributed by atoms with Gasteiger partial charge >= 0.3 is 0 Å². The molecular formula is C8H9F2NO. The van der Waals surface area contributed by atoms with E-state index in [2.05, 4.69) is 0 Å². The van der Waals surface area contributed by atoms with Crippen molar-refractivity contribution in [2.45, 2.75) is 6.54 Å². The molecule has 4 heteroatoms. The van der Waals surface area contributed by atoms with Crippen LogP contribution in [0.1, 0.15) is 5.56 Å². The number of halogens is 2. The van der Waals surface area contributed by atoms with Crippen LogP contribution in [-0.4, -0.2) is 7.11 Å². The summed E-state index contributed by atoms with van der Waals surface area (Å²) in [6, 6.07) is 1.92. The molecule has 0 fully saturated rings. The summed E-state index contributed by atoms with van der Waals surface area (Å²) >= 11 is 0. The third-order valence-electron chi connectivity index (χ3n) is 1.51. The second kappa shape index (κ2) is 3.49. The number of methoxy groups -OCH3 is 1. The summed E-state index contributed by atoms with van der Waals surface area (Å²) in [6.45, 7) is 0.0534. The molecule has 12 heavy (non-hydrogen) atoms. The maximum absolute atomic E-state index is 12.9. The molecule has 66 valence electrons.